The van der Waals surface area contributed by atoms with Crippen LogP contribution in [0.3, 0.4) is 0 Å². The van der Waals surface area contributed by atoms with Gasteiger partial charge in [-0.2, -0.15) is 4.31 Å². The van der Waals surface area contributed by atoms with E-state index in [0.717, 1.165) is 12.8 Å². The number of hydrogen-bond donors (Lipinski definition) is 1. The molecule has 1 saturated heterocycles. The number of nitrogens with zero attached hydrogens (tertiary/aromatic N) is 1. The molecule has 2 atom stereocenters. The van der Waals surface area contributed by atoms with E-state index >= 15 is 0 Å². The highest BCUT2D eigenvalue weighted by Crippen LogP contribution is 2.30. The molecule has 1 aromatic rings. The monoisotopic (exact) mass is 316 g/mol. The van der Waals surface area contributed by atoms with Crippen molar-refractivity contribution in [1.82, 2.24) is 4.31 Å². The SMILES string of the molecule is Cc1cc(Cl)ccc1S(=O)(=O)N1CCC(C)CC1CN. The second-order valence-corrected chi connectivity index (χ2v) is 7.84. The summed E-state index contributed by atoms with van der Waals surface area (Å²) in [6.45, 7) is 4.80. The molecular formula is C14H21ClN2O2S. The van der Waals surface area contributed by atoms with Crippen LogP contribution in [-0.4, -0.2) is 31.9 Å². The molecule has 0 aromatic heterocycles. The Hall–Kier alpha value is -0.620. The first-order valence-corrected chi connectivity index (χ1v) is 8.66. The quantitative estimate of drug-likeness (QED) is 0.931. The molecule has 4 nitrogen and oxygen atoms in total. The zero-order valence-electron chi connectivity index (χ0n) is 11.8. The molecule has 1 aliphatic heterocycles. The second kappa shape index (κ2) is 6.02. The number of aryl methyl sites for hydroxylation is 1. The molecule has 6 heteroatoms. The molecule has 2 N–H and O–H groups in total. The Labute approximate surface area is 126 Å². The van der Waals surface area contributed by atoms with Crippen LogP contribution in [0.15, 0.2) is 23.1 Å². The van der Waals surface area contributed by atoms with E-state index in [0.29, 0.717) is 34.5 Å². The van der Waals surface area contributed by atoms with E-state index in [1.807, 2.05) is 0 Å². The Balaban J connectivity index is 2.38. The number of sulfonamides is 1. The number of halogens is 1. The van der Waals surface area contributed by atoms with Crippen LogP contribution in [0.2, 0.25) is 5.02 Å². The summed E-state index contributed by atoms with van der Waals surface area (Å²) < 4.78 is 27.2. The van der Waals surface area contributed by atoms with Crippen molar-refractivity contribution in [2.24, 2.45) is 11.7 Å². The molecule has 0 bridgehead atoms. The van der Waals surface area contributed by atoms with Crippen molar-refractivity contribution < 1.29 is 8.42 Å². The highest BCUT2D eigenvalue weighted by molar-refractivity contribution is 7.89. The lowest BCUT2D eigenvalue weighted by molar-refractivity contribution is 0.211. The molecular weight excluding hydrogens is 296 g/mol. The summed E-state index contributed by atoms with van der Waals surface area (Å²) in [5.41, 5.74) is 6.44. The molecule has 0 spiro atoms. The van der Waals surface area contributed by atoms with Crippen molar-refractivity contribution >= 4 is 21.6 Å². The molecule has 1 fully saturated rings. The van der Waals surface area contributed by atoms with Gasteiger partial charge in [0.05, 0.1) is 4.90 Å². The normalized spacial score (nSPS) is 24.8. The summed E-state index contributed by atoms with van der Waals surface area (Å²) in [5, 5.41) is 0.545. The molecule has 1 aliphatic rings. The molecule has 20 heavy (non-hydrogen) atoms. The summed E-state index contributed by atoms with van der Waals surface area (Å²) in [4.78, 5) is 0.329. The van der Waals surface area contributed by atoms with Gasteiger partial charge in [-0.3, -0.25) is 0 Å². The standard InChI is InChI=1S/C14H21ClN2O2S/c1-10-5-6-17(13(7-10)9-16)20(18,19)14-4-3-12(15)8-11(14)2/h3-4,8,10,13H,5-7,9,16H2,1-2H3. The fraction of sp³-hybridized carbons (Fsp3) is 0.571. The van der Waals surface area contributed by atoms with Gasteiger partial charge in [-0.15, -0.1) is 0 Å². The Morgan fingerprint density at radius 1 is 1.45 bits per heavy atom. The summed E-state index contributed by atoms with van der Waals surface area (Å²) in [7, 11) is -3.50. The minimum absolute atomic E-state index is 0.112. The van der Waals surface area contributed by atoms with Gasteiger partial charge < -0.3 is 5.73 Å². The van der Waals surface area contributed by atoms with Crippen molar-refractivity contribution in [2.45, 2.75) is 37.6 Å². The number of benzene rings is 1. The lowest BCUT2D eigenvalue weighted by atomic mass is 9.94. The summed E-state index contributed by atoms with van der Waals surface area (Å²) >= 11 is 5.90. The number of piperidine rings is 1. The van der Waals surface area contributed by atoms with Gasteiger partial charge in [-0.25, -0.2) is 8.42 Å². The first-order chi connectivity index (χ1) is 9.36. The zero-order valence-corrected chi connectivity index (χ0v) is 13.4. The van der Waals surface area contributed by atoms with Crippen LogP contribution >= 0.6 is 11.6 Å². The first kappa shape index (κ1) is 15.8. The Kier molecular flexibility index (Phi) is 4.74. The maximum absolute atomic E-state index is 12.8. The van der Waals surface area contributed by atoms with Crippen molar-refractivity contribution in [2.75, 3.05) is 13.1 Å². The first-order valence-electron chi connectivity index (χ1n) is 6.84. The third kappa shape index (κ3) is 3.01. The lowest BCUT2D eigenvalue weighted by Crippen LogP contribution is -2.49. The van der Waals surface area contributed by atoms with E-state index < -0.39 is 10.0 Å². The van der Waals surface area contributed by atoms with Crippen LogP contribution in [0.5, 0.6) is 0 Å². The molecule has 0 radical (unpaired) electrons. The molecule has 2 unspecified atom stereocenters. The van der Waals surface area contributed by atoms with Crippen LogP contribution < -0.4 is 5.73 Å². The van der Waals surface area contributed by atoms with E-state index in [-0.39, 0.29) is 6.04 Å². The minimum Gasteiger partial charge on any atom is -0.329 e. The largest absolute Gasteiger partial charge is 0.329 e. The van der Waals surface area contributed by atoms with Crippen LogP contribution in [0.25, 0.3) is 0 Å². The van der Waals surface area contributed by atoms with Crippen LogP contribution in [0, 0.1) is 12.8 Å². The van der Waals surface area contributed by atoms with E-state index in [4.69, 9.17) is 17.3 Å². The van der Waals surface area contributed by atoms with E-state index in [1.54, 1.807) is 29.4 Å². The molecule has 1 aromatic carbocycles. The number of rotatable bonds is 3. The van der Waals surface area contributed by atoms with Crippen LogP contribution in [0.1, 0.15) is 25.3 Å². The third-order valence-electron chi connectivity index (χ3n) is 3.92. The highest BCUT2D eigenvalue weighted by atomic mass is 35.5. The summed E-state index contributed by atoms with van der Waals surface area (Å²) in [6, 6.07) is 4.77. The smallest absolute Gasteiger partial charge is 0.243 e. The maximum Gasteiger partial charge on any atom is 0.243 e. The maximum atomic E-state index is 12.8. The Morgan fingerprint density at radius 2 is 2.15 bits per heavy atom. The molecule has 0 saturated carbocycles. The average Bonchev–Trinajstić information content (AvgIpc) is 2.37. The third-order valence-corrected chi connectivity index (χ3v) is 6.27. The van der Waals surface area contributed by atoms with Gasteiger partial charge in [-0.05, 0) is 49.4 Å². The fourth-order valence-corrected chi connectivity index (χ4v) is 4.88. The minimum atomic E-state index is -3.50. The van der Waals surface area contributed by atoms with Gasteiger partial charge in [0, 0.05) is 24.2 Å². The summed E-state index contributed by atoms with van der Waals surface area (Å²) in [5.74, 6) is 0.515. The van der Waals surface area contributed by atoms with Crippen molar-refractivity contribution in [3.05, 3.63) is 28.8 Å². The van der Waals surface area contributed by atoms with Crippen LogP contribution in [-0.2, 0) is 10.0 Å². The predicted octanol–water partition coefficient (Wildman–Crippen LogP) is 2.40. The van der Waals surface area contributed by atoms with Gasteiger partial charge in [0.25, 0.3) is 0 Å². The average molecular weight is 317 g/mol. The van der Waals surface area contributed by atoms with Crippen molar-refractivity contribution in [1.29, 1.82) is 0 Å². The lowest BCUT2D eigenvalue weighted by Gasteiger charge is -2.37. The van der Waals surface area contributed by atoms with Gasteiger partial charge in [0.1, 0.15) is 0 Å². The molecule has 2 rings (SSSR count). The second-order valence-electron chi connectivity index (χ2n) is 5.54. The zero-order chi connectivity index (χ0) is 14.9. The molecule has 0 amide bonds. The Morgan fingerprint density at radius 3 is 2.75 bits per heavy atom. The highest BCUT2D eigenvalue weighted by Gasteiger charge is 2.35. The van der Waals surface area contributed by atoms with E-state index in [2.05, 4.69) is 6.92 Å². The molecule has 1 heterocycles. The predicted molar refractivity (Wildman–Crippen MR) is 81.3 cm³/mol. The number of hydrogen-bond acceptors (Lipinski definition) is 3. The van der Waals surface area contributed by atoms with Gasteiger partial charge in [-0.1, -0.05) is 18.5 Å². The fourth-order valence-electron chi connectivity index (χ4n) is 2.79. The van der Waals surface area contributed by atoms with Gasteiger partial charge >= 0.3 is 0 Å². The van der Waals surface area contributed by atoms with Gasteiger partial charge in [0.15, 0.2) is 0 Å². The van der Waals surface area contributed by atoms with E-state index in [9.17, 15) is 8.42 Å². The summed E-state index contributed by atoms with van der Waals surface area (Å²) in [6.07, 6.45) is 1.70. The van der Waals surface area contributed by atoms with Crippen LogP contribution in [0.4, 0.5) is 0 Å². The van der Waals surface area contributed by atoms with E-state index in [1.165, 1.54) is 0 Å². The van der Waals surface area contributed by atoms with Crippen molar-refractivity contribution in [3.63, 3.8) is 0 Å². The number of nitrogens with two attached hydrogens (primary N) is 1. The topological polar surface area (TPSA) is 63.4 Å². The Bertz CT molecular complexity index is 589. The molecule has 0 aliphatic carbocycles. The van der Waals surface area contributed by atoms with Crippen molar-refractivity contribution in [3.8, 4) is 0 Å². The molecule has 112 valence electrons. The van der Waals surface area contributed by atoms with Gasteiger partial charge in [0.2, 0.25) is 10.0 Å².